The molecule has 0 fully saturated rings. The molecule has 8 heteroatoms. The summed E-state index contributed by atoms with van der Waals surface area (Å²) >= 11 is 5.28. The molecule has 0 aliphatic heterocycles. The van der Waals surface area contributed by atoms with Crippen molar-refractivity contribution in [1.82, 2.24) is 14.9 Å². The summed E-state index contributed by atoms with van der Waals surface area (Å²) in [7, 11) is 1.49. The normalized spacial score (nSPS) is 11.0. The Kier molecular flexibility index (Phi) is 5.33. The Labute approximate surface area is 155 Å². The summed E-state index contributed by atoms with van der Waals surface area (Å²) in [6.07, 6.45) is 1.61. The number of H-pyrrole nitrogens is 1. The van der Waals surface area contributed by atoms with Crippen LogP contribution < -0.4 is 9.47 Å². The quantitative estimate of drug-likeness (QED) is 0.511. The number of aromatic hydroxyl groups is 1. The highest BCUT2D eigenvalue weighted by molar-refractivity contribution is 7.71. The van der Waals surface area contributed by atoms with Gasteiger partial charge in [-0.05, 0) is 55.0 Å². The minimum absolute atomic E-state index is 0.0676. The van der Waals surface area contributed by atoms with Gasteiger partial charge in [0.25, 0.3) is 0 Å². The molecule has 0 saturated heterocycles. The molecule has 2 N–H and O–H groups in total. The minimum Gasteiger partial charge on any atom is -0.504 e. The van der Waals surface area contributed by atoms with Crippen molar-refractivity contribution >= 4 is 18.4 Å². The van der Waals surface area contributed by atoms with Crippen molar-refractivity contribution in [3.8, 4) is 28.6 Å². The van der Waals surface area contributed by atoms with Crippen molar-refractivity contribution in [3.05, 3.63) is 52.8 Å². The predicted molar refractivity (Wildman–Crippen MR) is 102 cm³/mol. The molecule has 1 heterocycles. The highest BCUT2D eigenvalue weighted by Gasteiger charge is 2.09. The lowest BCUT2D eigenvalue weighted by Crippen LogP contribution is -1.96. The van der Waals surface area contributed by atoms with E-state index in [1.54, 1.807) is 24.4 Å². The first kappa shape index (κ1) is 17.7. The summed E-state index contributed by atoms with van der Waals surface area (Å²) < 4.78 is 12.5. The third-order valence-corrected chi connectivity index (χ3v) is 3.84. The maximum atomic E-state index is 9.68. The summed E-state index contributed by atoms with van der Waals surface area (Å²) in [4.78, 5) is 0. The van der Waals surface area contributed by atoms with Crippen LogP contribution in [-0.2, 0) is 0 Å². The van der Waals surface area contributed by atoms with Crippen LogP contribution in [0.2, 0.25) is 0 Å². The van der Waals surface area contributed by atoms with Crippen LogP contribution >= 0.6 is 12.2 Å². The van der Waals surface area contributed by atoms with Crippen LogP contribution in [0.25, 0.3) is 11.4 Å². The molecular weight excluding hydrogens is 352 g/mol. The lowest BCUT2D eigenvalue weighted by atomic mass is 10.2. The number of hydrogen-bond acceptors (Lipinski definition) is 6. The number of aromatic amines is 1. The Hall–Kier alpha value is -3.13. The van der Waals surface area contributed by atoms with E-state index >= 15 is 0 Å². The maximum absolute atomic E-state index is 9.68. The molecule has 0 aliphatic rings. The van der Waals surface area contributed by atoms with Gasteiger partial charge in [0.15, 0.2) is 17.3 Å². The van der Waals surface area contributed by atoms with Crippen molar-refractivity contribution < 1.29 is 14.6 Å². The number of methoxy groups -OCH3 is 1. The molecule has 134 valence electrons. The molecule has 0 radical (unpaired) electrons. The lowest BCUT2D eigenvalue weighted by Gasteiger charge is -2.06. The highest BCUT2D eigenvalue weighted by atomic mass is 32.1. The van der Waals surface area contributed by atoms with Gasteiger partial charge in [-0.15, -0.1) is 0 Å². The summed E-state index contributed by atoms with van der Waals surface area (Å²) in [6, 6.07) is 12.5. The first-order chi connectivity index (χ1) is 12.6. The molecule has 0 amide bonds. The molecule has 0 aliphatic carbocycles. The van der Waals surface area contributed by atoms with Gasteiger partial charge in [0.2, 0.25) is 4.77 Å². The van der Waals surface area contributed by atoms with Gasteiger partial charge < -0.3 is 14.6 Å². The maximum Gasteiger partial charge on any atom is 0.216 e. The summed E-state index contributed by atoms with van der Waals surface area (Å²) in [5, 5.41) is 21.1. The summed E-state index contributed by atoms with van der Waals surface area (Å²) in [6.45, 7) is 2.51. The van der Waals surface area contributed by atoms with E-state index in [2.05, 4.69) is 15.3 Å². The molecule has 0 spiro atoms. The Morgan fingerprint density at radius 2 is 2.15 bits per heavy atom. The van der Waals surface area contributed by atoms with Crippen LogP contribution in [0.5, 0.6) is 17.2 Å². The molecule has 3 aromatic rings. The van der Waals surface area contributed by atoms with Crippen molar-refractivity contribution in [1.29, 1.82) is 0 Å². The molecule has 3 rings (SSSR count). The molecule has 2 aromatic carbocycles. The van der Waals surface area contributed by atoms with Crippen molar-refractivity contribution in [2.24, 2.45) is 5.10 Å². The summed E-state index contributed by atoms with van der Waals surface area (Å²) in [5.41, 5.74) is 1.57. The molecule has 0 saturated carbocycles. The average molecular weight is 370 g/mol. The van der Waals surface area contributed by atoms with Gasteiger partial charge in [0.1, 0.15) is 5.75 Å². The van der Waals surface area contributed by atoms with Crippen LogP contribution in [0, 0.1) is 4.77 Å². The second kappa shape index (κ2) is 7.83. The SMILES string of the molecule is CCOc1cccc(-c2n[nH]c(=S)n2/N=C\c2ccc(O)c(OC)c2)c1. The van der Waals surface area contributed by atoms with Gasteiger partial charge in [0.05, 0.1) is 19.9 Å². The molecule has 1 aromatic heterocycles. The average Bonchev–Trinajstić information content (AvgIpc) is 3.02. The zero-order valence-electron chi connectivity index (χ0n) is 14.3. The predicted octanol–water partition coefficient (Wildman–Crippen LogP) is 3.60. The van der Waals surface area contributed by atoms with E-state index in [1.807, 2.05) is 31.2 Å². The van der Waals surface area contributed by atoms with Crippen LogP contribution in [0.1, 0.15) is 12.5 Å². The standard InChI is InChI=1S/C18H18N4O3S/c1-3-25-14-6-4-5-13(10-14)17-20-21-18(26)22(17)19-11-12-7-8-15(23)16(9-12)24-2/h4-11,23H,3H2,1-2H3,(H,21,26)/b19-11-. The number of phenols is 1. The number of nitrogens with one attached hydrogen (secondary N) is 1. The Morgan fingerprint density at radius 1 is 1.31 bits per heavy atom. The molecular formula is C18H18N4O3S. The highest BCUT2D eigenvalue weighted by Crippen LogP contribution is 2.26. The van der Waals surface area contributed by atoms with Crippen molar-refractivity contribution in [3.63, 3.8) is 0 Å². The molecule has 26 heavy (non-hydrogen) atoms. The fraction of sp³-hybridized carbons (Fsp3) is 0.167. The second-order valence-electron chi connectivity index (χ2n) is 5.30. The van der Waals surface area contributed by atoms with E-state index in [4.69, 9.17) is 21.7 Å². The van der Waals surface area contributed by atoms with E-state index in [-0.39, 0.29) is 5.75 Å². The summed E-state index contributed by atoms with van der Waals surface area (Å²) in [5.74, 6) is 1.75. The Balaban J connectivity index is 1.96. The van der Waals surface area contributed by atoms with E-state index in [0.717, 1.165) is 16.9 Å². The second-order valence-corrected chi connectivity index (χ2v) is 5.69. The zero-order chi connectivity index (χ0) is 18.5. The number of ether oxygens (including phenoxy) is 2. The van der Waals surface area contributed by atoms with Gasteiger partial charge in [0, 0.05) is 5.56 Å². The van der Waals surface area contributed by atoms with Gasteiger partial charge in [-0.3, -0.25) is 0 Å². The molecule has 7 nitrogen and oxygen atoms in total. The zero-order valence-corrected chi connectivity index (χ0v) is 15.2. The van der Waals surface area contributed by atoms with Crippen LogP contribution in [0.15, 0.2) is 47.6 Å². The molecule has 0 atom stereocenters. The topological polar surface area (TPSA) is 84.7 Å². The number of benzene rings is 2. The smallest absolute Gasteiger partial charge is 0.216 e. The van der Waals surface area contributed by atoms with Gasteiger partial charge in [-0.1, -0.05) is 12.1 Å². The first-order valence-corrected chi connectivity index (χ1v) is 8.35. The number of aromatic nitrogens is 3. The van der Waals surface area contributed by atoms with E-state index in [9.17, 15) is 5.11 Å². The fourth-order valence-electron chi connectivity index (χ4n) is 2.38. The van der Waals surface area contributed by atoms with Crippen LogP contribution in [-0.4, -0.2) is 39.9 Å². The number of phenolic OH excluding ortho intramolecular Hbond substituents is 1. The van der Waals surface area contributed by atoms with Gasteiger partial charge in [-0.25, -0.2) is 5.10 Å². The molecule has 0 bridgehead atoms. The van der Waals surface area contributed by atoms with Crippen molar-refractivity contribution in [2.45, 2.75) is 6.92 Å². The minimum atomic E-state index is 0.0676. The fourth-order valence-corrected chi connectivity index (χ4v) is 2.56. The lowest BCUT2D eigenvalue weighted by molar-refractivity contribution is 0.340. The first-order valence-electron chi connectivity index (χ1n) is 7.94. The van der Waals surface area contributed by atoms with E-state index in [0.29, 0.717) is 23.0 Å². The van der Waals surface area contributed by atoms with Crippen LogP contribution in [0.3, 0.4) is 0 Å². The van der Waals surface area contributed by atoms with E-state index < -0.39 is 0 Å². The largest absolute Gasteiger partial charge is 0.504 e. The third kappa shape index (κ3) is 3.75. The van der Waals surface area contributed by atoms with Crippen LogP contribution in [0.4, 0.5) is 0 Å². The number of nitrogens with zero attached hydrogens (tertiary/aromatic N) is 3. The third-order valence-electron chi connectivity index (χ3n) is 3.58. The molecule has 0 unspecified atom stereocenters. The monoisotopic (exact) mass is 370 g/mol. The number of hydrogen-bond donors (Lipinski definition) is 2. The van der Waals surface area contributed by atoms with Gasteiger partial charge in [-0.2, -0.15) is 14.9 Å². The number of rotatable bonds is 6. The Morgan fingerprint density at radius 3 is 2.92 bits per heavy atom. The Bertz CT molecular complexity index is 994. The van der Waals surface area contributed by atoms with Gasteiger partial charge >= 0.3 is 0 Å². The van der Waals surface area contributed by atoms with Crippen molar-refractivity contribution in [2.75, 3.05) is 13.7 Å². The van der Waals surface area contributed by atoms with E-state index in [1.165, 1.54) is 11.8 Å².